The molecule has 34 heavy (non-hydrogen) atoms. The Kier molecular flexibility index (Phi) is 7.19. The molecule has 0 aliphatic carbocycles. The Bertz CT molecular complexity index is 1340. The number of aromatic nitrogens is 1. The number of nitrogens with one attached hydrogen (secondary N) is 2. The molecule has 0 spiro atoms. The van der Waals surface area contributed by atoms with E-state index >= 15 is 0 Å². The summed E-state index contributed by atoms with van der Waals surface area (Å²) in [5, 5.41) is 5.42. The summed E-state index contributed by atoms with van der Waals surface area (Å²) in [6, 6.07) is 25.6. The molecule has 7 nitrogen and oxygen atoms in total. The van der Waals surface area contributed by atoms with Gasteiger partial charge in [-0.15, -0.1) is 0 Å². The van der Waals surface area contributed by atoms with Crippen LogP contribution in [0.5, 0.6) is 11.5 Å². The van der Waals surface area contributed by atoms with E-state index in [1.807, 2.05) is 36.4 Å². The number of benzene rings is 3. The lowest BCUT2D eigenvalue weighted by molar-refractivity contribution is 0.251. The maximum atomic E-state index is 12.9. The van der Waals surface area contributed by atoms with E-state index in [4.69, 9.17) is 4.74 Å². The summed E-state index contributed by atoms with van der Waals surface area (Å²) in [6.45, 7) is 0.333. The van der Waals surface area contributed by atoms with Crippen molar-refractivity contribution in [1.82, 2.24) is 10.3 Å². The van der Waals surface area contributed by atoms with E-state index in [9.17, 15) is 13.2 Å². The fourth-order valence-electron chi connectivity index (χ4n) is 3.23. The number of para-hydroxylation sites is 1. The second-order valence-corrected chi connectivity index (χ2v) is 9.50. The molecule has 0 saturated carbocycles. The Hall–Kier alpha value is -4.17. The Morgan fingerprint density at radius 1 is 0.824 bits per heavy atom. The van der Waals surface area contributed by atoms with Crippen molar-refractivity contribution in [3.05, 3.63) is 115 Å². The van der Waals surface area contributed by atoms with Gasteiger partial charge in [0.1, 0.15) is 11.5 Å². The van der Waals surface area contributed by atoms with Gasteiger partial charge in [-0.25, -0.2) is 13.2 Å². The second kappa shape index (κ2) is 10.6. The summed E-state index contributed by atoms with van der Waals surface area (Å²) in [5.74, 6) is 1.07. The molecule has 0 bridgehead atoms. The quantitative estimate of drug-likeness (QED) is 0.368. The van der Waals surface area contributed by atoms with Gasteiger partial charge in [0.2, 0.25) is 0 Å². The fraction of sp³-hybridized carbons (Fsp3) is 0.0769. The molecule has 8 heteroatoms. The molecular formula is C26H23N3O4S. The number of carbonyl (C=O) groups excluding carboxylic acids is 1. The largest absolute Gasteiger partial charge is 0.457 e. The molecule has 0 unspecified atom stereocenters. The average molecular weight is 474 g/mol. The van der Waals surface area contributed by atoms with Crippen molar-refractivity contribution in [1.29, 1.82) is 0 Å². The standard InChI is InChI=1S/C26H23N3O4S/c30-26(28-18-21-7-5-15-27-17-21)29-22-11-13-25(14-12-22)34(31,32)19-20-6-4-10-24(16-20)33-23-8-2-1-3-9-23/h1-17H,18-19H2,(H2,28,29,30). The molecule has 0 aliphatic heterocycles. The highest BCUT2D eigenvalue weighted by molar-refractivity contribution is 7.90. The van der Waals surface area contributed by atoms with Gasteiger partial charge < -0.3 is 15.4 Å². The number of anilines is 1. The molecule has 4 aromatic rings. The van der Waals surface area contributed by atoms with E-state index in [1.54, 1.807) is 54.9 Å². The first-order valence-electron chi connectivity index (χ1n) is 10.6. The van der Waals surface area contributed by atoms with Gasteiger partial charge in [0.15, 0.2) is 9.84 Å². The van der Waals surface area contributed by atoms with Crippen LogP contribution in [0.2, 0.25) is 0 Å². The van der Waals surface area contributed by atoms with Gasteiger partial charge in [-0.2, -0.15) is 0 Å². The number of amides is 2. The lowest BCUT2D eigenvalue weighted by Gasteiger charge is -2.10. The molecule has 2 N–H and O–H groups in total. The molecule has 0 saturated heterocycles. The van der Waals surface area contributed by atoms with Crippen LogP contribution in [0.3, 0.4) is 0 Å². The SMILES string of the molecule is O=C(NCc1cccnc1)Nc1ccc(S(=O)(=O)Cc2cccc(Oc3ccccc3)c2)cc1. The third-order valence-corrected chi connectivity index (χ3v) is 6.58. The molecular weight excluding hydrogens is 450 g/mol. The lowest BCUT2D eigenvalue weighted by atomic mass is 10.2. The normalized spacial score (nSPS) is 10.9. The number of sulfone groups is 1. The Labute approximate surface area is 198 Å². The second-order valence-electron chi connectivity index (χ2n) is 7.51. The molecule has 3 aromatic carbocycles. The topological polar surface area (TPSA) is 97.4 Å². The number of hydrogen-bond acceptors (Lipinski definition) is 5. The number of urea groups is 1. The third-order valence-electron chi connectivity index (χ3n) is 4.88. The van der Waals surface area contributed by atoms with E-state index in [0.29, 0.717) is 29.3 Å². The van der Waals surface area contributed by atoms with Crippen LogP contribution in [0.4, 0.5) is 10.5 Å². The highest BCUT2D eigenvalue weighted by atomic mass is 32.2. The summed E-state index contributed by atoms with van der Waals surface area (Å²) < 4.78 is 31.6. The van der Waals surface area contributed by atoms with Crippen LogP contribution in [-0.4, -0.2) is 19.4 Å². The van der Waals surface area contributed by atoms with Crippen LogP contribution in [0, 0.1) is 0 Å². The maximum Gasteiger partial charge on any atom is 0.319 e. The van der Waals surface area contributed by atoms with Gasteiger partial charge in [0.25, 0.3) is 0 Å². The van der Waals surface area contributed by atoms with Crippen LogP contribution < -0.4 is 15.4 Å². The van der Waals surface area contributed by atoms with Crippen molar-refractivity contribution in [3.63, 3.8) is 0 Å². The van der Waals surface area contributed by atoms with Gasteiger partial charge in [-0.05, 0) is 65.7 Å². The van der Waals surface area contributed by atoms with Crippen LogP contribution in [-0.2, 0) is 22.1 Å². The van der Waals surface area contributed by atoms with Crippen molar-refractivity contribution in [2.24, 2.45) is 0 Å². The highest BCUT2D eigenvalue weighted by Crippen LogP contribution is 2.24. The smallest absolute Gasteiger partial charge is 0.319 e. The van der Waals surface area contributed by atoms with Crippen molar-refractivity contribution in [3.8, 4) is 11.5 Å². The van der Waals surface area contributed by atoms with E-state index in [0.717, 1.165) is 5.56 Å². The zero-order chi connectivity index (χ0) is 23.8. The number of hydrogen-bond donors (Lipinski definition) is 2. The molecule has 4 rings (SSSR count). The summed E-state index contributed by atoms with van der Waals surface area (Å²) in [4.78, 5) is 16.3. The van der Waals surface area contributed by atoms with Crippen molar-refractivity contribution >= 4 is 21.6 Å². The third kappa shape index (κ3) is 6.43. The fourth-order valence-corrected chi connectivity index (χ4v) is 4.57. The Morgan fingerprint density at radius 2 is 1.56 bits per heavy atom. The Balaban J connectivity index is 1.36. The zero-order valence-corrected chi connectivity index (χ0v) is 19.0. The van der Waals surface area contributed by atoms with Gasteiger partial charge in [-0.1, -0.05) is 36.4 Å². The number of rotatable bonds is 8. The van der Waals surface area contributed by atoms with Gasteiger partial charge in [0.05, 0.1) is 10.6 Å². The van der Waals surface area contributed by atoms with E-state index < -0.39 is 15.9 Å². The minimum Gasteiger partial charge on any atom is -0.457 e. The Morgan fingerprint density at radius 3 is 2.29 bits per heavy atom. The van der Waals surface area contributed by atoms with Crippen LogP contribution in [0.25, 0.3) is 0 Å². The number of pyridine rings is 1. The summed E-state index contributed by atoms with van der Waals surface area (Å²) >= 11 is 0. The lowest BCUT2D eigenvalue weighted by Crippen LogP contribution is -2.28. The minimum atomic E-state index is -3.59. The first kappa shape index (κ1) is 23.0. The summed E-state index contributed by atoms with van der Waals surface area (Å²) in [6.07, 6.45) is 3.33. The summed E-state index contributed by atoms with van der Waals surface area (Å²) in [5.41, 5.74) is 1.98. The predicted molar refractivity (Wildman–Crippen MR) is 130 cm³/mol. The van der Waals surface area contributed by atoms with Gasteiger partial charge in [0, 0.05) is 24.6 Å². The molecule has 0 fully saturated rings. The molecule has 0 atom stereocenters. The number of carbonyl (C=O) groups is 1. The molecule has 0 aliphatic rings. The van der Waals surface area contributed by atoms with Crippen LogP contribution in [0.15, 0.2) is 108 Å². The predicted octanol–water partition coefficient (Wildman–Crippen LogP) is 5.17. The van der Waals surface area contributed by atoms with Crippen LogP contribution in [0.1, 0.15) is 11.1 Å². The average Bonchev–Trinajstić information content (AvgIpc) is 2.84. The van der Waals surface area contributed by atoms with Crippen molar-refractivity contribution in [2.75, 3.05) is 5.32 Å². The highest BCUT2D eigenvalue weighted by Gasteiger charge is 2.16. The van der Waals surface area contributed by atoms with E-state index in [1.165, 1.54) is 12.1 Å². The number of ether oxygens (including phenoxy) is 1. The monoisotopic (exact) mass is 473 g/mol. The van der Waals surface area contributed by atoms with Crippen molar-refractivity contribution < 1.29 is 17.9 Å². The maximum absolute atomic E-state index is 12.9. The van der Waals surface area contributed by atoms with Gasteiger partial charge in [-0.3, -0.25) is 4.98 Å². The summed E-state index contributed by atoms with van der Waals surface area (Å²) in [7, 11) is -3.59. The van der Waals surface area contributed by atoms with E-state index in [2.05, 4.69) is 15.6 Å². The molecule has 0 radical (unpaired) electrons. The van der Waals surface area contributed by atoms with E-state index in [-0.39, 0.29) is 10.6 Å². The van der Waals surface area contributed by atoms with Crippen LogP contribution >= 0.6 is 0 Å². The first-order valence-corrected chi connectivity index (χ1v) is 12.2. The van der Waals surface area contributed by atoms with Crippen molar-refractivity contribution in [2.45, 2.75) is 17.2 Å². The molecule has 1 aromatic heterocycles. The molecule has 172 valence electrons. The number of nitrogens with zero attached hydrogens (tertiary/aromatic N) is 1. The molecule has 1 heterocycles. The van der Waals surface area contributed by atoms with Gasteiger partial charge >= 0.3 is 6.03 Å². The zero-order valence-electron chi connectivity index (χ0n) is 18.2. The molecule has 2 amide bonds. The first-order chi connectivity index (χ1) is 16.5. The minimum absolute atomic E-state index is 0.169.